The molecule has 0 radical (unpaired) electrons. The number of anilines is 1. The second kappa shape index (κ2) is 11.7. The number of pyridine rings is 1. The Morgan fingerprint density at radius 1 is 1.28 bits per heavy atom. The monoisotopic (exact) mass is 504 g/mol. The summed E-state index contributed by atoms with van der Waals surface area (Å²) in [5, 5.41) is 13.3. The number of benzene rings is 1. The van der Waals surface area contributed by atoms with E-state index in [4.69, 9.17) is 9.47 Å². The number of carbonyl (C=O) groups excluding carboxylic acids is 2. The third-order valence-electron chi connectivity index (χ3n) is 6.02. The first-order valence-corrected chi connectivity index (χ1v) is 12.7. The molecule has 0 aliphatic carbocycles. The van der Waals surface area contributed by atoms with E-state index in [2.05, 4.69) is 16.4 Å². The Kier molecular flexibility index (Phi) is 8.18. The van der Waals surface area contributed by atoms with E-state index in [1.54, 1.807) is 29.4 Å². The van der Waals surface area contributed by atoms with Crippen LogP contribution in [0, 0.1) is 11.3 Å². The molecule has 2 amide bonds. The first-order chi connectivity index (χ1) is 17.5. The van der Waals surface area contributed by atoms with Gasteiger partial charge in [-0.25, -0.2) is 4.79 Å². The van der Waals surface area contributed by atoms with E-state index in [0.717, 1.165) is 27.3 Å². The number of amides is 2. The number of hydrogen-bond donors (Lipinski definition) is 1. The van der Waals surface area contributed by atoms with Gasteiger partial charge in [0, 0.05) is 30.2 Å². The van der Waals surface area contributed by atoms with Crippen molar-refractivity contribution < 1.29 is 19.1 Å². The maximum absolute atomic E-state index is 12.8. The van der Waals surface area contributed by atoms with E-state index < -0.39 is 6.09 Å². The number of aromatic nitrogens is 1. The van der Waals surface area contributed by atoms with Gasteiger partial charge in [-0.3, -0.25) is 9.78 Å². The quantitative estimate of drug-likeness (QED) is 0.450. The van der Waals surface area contributed by atoms with Crippen LogP contribution in [0.25, 0.3) is 0 Å². The van der Waals surface area contributed by atoms with Crippen molar-refractivity contribution in [3.63, 3.8) is 0 Å². The summed E-state index contributed by atoms with van der Waals surface area (Å²) in [6, 6.07) is 13.6. The van der Waals surface area contributed by atoms with E-state index in [-0.39, 0.29) is 24.9 Å². The standard InChI is InChI=1S/C27H28N4O4S/c1-3-34-21-6-4-5-20(14-21)18(2)13-25(32)30-26-23(15-28)22-9-12-31(16-24(22)36-26)27(33)35-17-19-7-10-29-11-8-19/h4-8,10-11,14,18H,3,9,12-13,16-17H2,1-2H3,(H,30,32). The summed E-state index contributed by atoms with van der Waals surface area (Å²) in [7, 11) is 0. The first kappa shape index (κ1) is 25.2. The van der Waals surface area contributed by atoms with Crippen LogP contribution in [-0.2, 0) is 29.1 Å². The SMILES string of the molecule is CCOc1cccc(C(C)CC(=O)Nc2sc3c(c2C#N)CCN(C(=O)OCc2ccncc2)C3)c1. The molecular weight excluding hydrogens is 476 g/mol. The van der Waals surface area contributed by atoms with Gasteiger partial charge in [-0.15, -0.1) is 11.3 Å². The Labute approximate surface area is 214 Å². The summed E-state index contributed by atoms with van der Waals surface area (Å²) in [5.74, 6) is 0.605. The van der Waals surface area contributed by atoms with E-state index in [0.29, 0.717) is 36.7 Å². The molecule has 186 valence electrons. The predicted octanol–water partition coefficient (Wildman–Crippen LogP) is 5.24. The maximum Gasteiger partial charge on any atom is 0.410 e. The van der Waals surface area contributed by atoms with E-state index in [9.17, 15) is 14.9 Å². The summed E-state index contributed by atoms with van der Waals surface area (Å²) in [6.45, 7) is 5.48. The van der Waals surface area contributed by atoms with E-state index >= 15 is 0 Å². The van der Waals surface area contributed by atoms with Crippen LogP contribution in [0.4, 0.5) is 9.80 Å². The van der Waals surface area contributed by atoms with Crippen LogP contribution >= 0.6 is 11.3 Å². The Bertz CT molecular complexity index is 1270. The minimum absolute atomic E-state index is 0.0174. The fraction of sp³-hybridized carbons (Fsp3) is 0.333. The number of carbonyl (C=O) groups is 2. The summed E-state index contributed by atoms with van der Waals surface area (Å²) in [4.78, 5) is 31.9. The van der Waals surface area contributed by atoms with E-state index in [1.807, 2.05) is 38.1 Å². The van der Waals surface area contributed by atoms with Gasteiger partial charge in [0.05, 0.1) is 18.7 Å². The highest BCUT2D eigenvalue weighted by atomic mass is 32.1. The van der Waals surface area contributed by atoms with Crippen LogP contribution in [-0.4, -0.2) is 35.0 Å². The van der Waals surface area contributed by atoms with Gasteiger partial charge < -0.3 is 19.7 Å². The highest BCUT2D eigenvalue weighted by Crippen LogP contribution is 2.37. The molecule has 8 nitrogen and oxygen atoms in total. The second-order valence-electron chi connectivity index (χ2n) is 8.56. The fourth-order valence-electron chi connectivity index (χ4n) is 4.13. The molecule has 0 spiro atoms. The van der Waals surface area contributed by atoms with Crippen molar-refractivity contribution in [3.05, 3.63) is 75.9 Å². The lowest BCUT2D eigenvalue weighted by Crippen LogP contribution is -2.35. The van der Waals surface area contributed by atoms with Crippen molar-refractivity contribution in [2.45, 2.75) is 45.8 Å². The molecule has 1 N–H and O–H groups in total. The zero-order valence-electron chi connectivity index (χ0n) is 20.3. The molecule has 9 heteroatoms. The molecule has 0 saturated heterocycles. The Balaban J connectivity index is 1.38. The van der Waals surface area contributed by atoms with Gasteiger partial charge in [-0.2, -0.15) is 5.26 Å². The average Bonchev–Trinajstić information content (AvgIpc) is 3.24. The number of nitrogens with one attached hydrogen (secondary N) is 1. The highest BCUT2D eigenvalue weighted by Gasteiger charge is 2.28. The summed E-state index contributed by atoms with van der Waals surface area (Å²) < 4.78 is 11.0. The van der Waals surface area contributed by atoms with Crippen molar-refractivity contribution in [1.29, 1.82) is 5.26 Å². The van der Waals surface area contributed by atoms with Crippen LogP contribution in [0.1, 0.15) is 53.3 Å². The van der Waals surface area contributed by atoms with Crippen LogP contribution in [0.3, 0.4) is 0 Å². The molecule has 36 heavy (non-hydrogen) atoms. The van der Waals surface area contributed by atoms with Crippen molar-refractivity contribution in [3.8, 4) is 11.8 Å². The van der Waals surface area contributed by atoms with Gasteiger partial charge in [-0.1, -0.05) is 19.1 Å². The Morgan fingerprint density at radius 3 is 2.83 bits per heavy atom. The zero-order valence-corrected chi connectivity index (χ0v) is 21.1. The number of nitriles is 1. The van der Waals surface area contributed by atoms with Crippen LogP contribution in [0.2, 0.25) is 0 Å². The molecule has 0 saturated carbocycles. The van der Waals surface area contributed by atoms with Gasteiger partial charge in [0.25, 0.3) is 0 Å². The summed E-state index contributed by atoms with van der Waals surface area (Å²) in [6.07, 6.45) is 3.71. The molecule has 4 rings (SSSR count). The largest absolute Gasteiger partial charge is 0.494 e. The molecule has 1 atom stereocenters. The van der Waals surface area contributed by atoms with Gasteiger partial charge in [-0.05, 0) is 60.2 Å². The topological polar surface area (TPSA) is 105 Å². The normalized spacial score (nSPS) is 13.3. The number of ether oxygens (including phenoxy) is 2. The number of fused-ring (bicyclic) bond motifs is 1. The molecule has 0 fully saturated rings. The van der Waals surface area contributed by atoms with Gasteiger partial charge in [0.2, 0.25) is 5.91 Å². The van der Waals surface area contributed by atoms with Crippen LogP contribution < -0.4 is 10.1 Å². The Morgan fingerprint density at radius 2 is 2.08 bits per heavy atom. The maximum atomic E-state index is 12.8. The highest BCUT2D eigenvalue weighted by molar-refractivity contribution is 7.16. The lowest BCUT2D eigenvalue weighted by molar-refractivity contribution is -0.116. The predicted molar refractivity (Wildman–Crippen MR) is 137 cm³/mol. The minimum Gasteiger partial charge on any atom is -0.494 e. The molecule has 1 aliphatic heterocycles. The number of hydrogen-bond acceptors (Lipinski definition) is 7. The fourth-order valence-corrected chi connectivity index (χ4v) is 5.36. The lowest BCUT2D eigenvalue weighted by atomic mass is 9.97. The molecule has 2 aromatic heterocycles. The third-order valence-corrected chi connectivity index (χ3v) is 7.15. The molecule has 3 aromatic rings. The third kappa shape index (κ3) is 6.01. The summed E-state index contributed by atoms with van der Waals surface area (Å²) >= 11 is 1.35. The molecule has 1 unspecified atom stereocenters. The molecule has 3 heterocycles. The number of thiophene rings is 1. The number of nitrogens with zero attached hydrogens (tertiary/aromatic N) is 3. The van der Waals surface area contributed by atoms with Crippen LogP contribution in [0.5, 0.6) is 5.75 Å². The van der Waals surface area contributed by atoms with E-state index in [1.165, 1.54) is 11.3 Å². The van der Waals surface area contributed by atoms with Crippen molar-refractivity contribution in [1.82, 2.24) is 9.88 Å². The first-order valence-electron chi connectivity index (χ1n) is 11.9. The van der Waals surface area contributed by atoms with Crippen molar-refractivity contribution in [2.75, 3.05) is 18.5 Å². The zero-order chi connectivity index (χ0) is 25.5. The smallest absolute Gasteiger partial charge is 0.410 e. The Hall–Kier alpha value is -3.90. The average molecular weight is 505 g/mol. The lowest BCUT2D eigenvalue weighted by Gasteiger charge is -2.26. The molecular formula is C27H28N4O4S. The molecule has 1 aliphatic rings. The van der Waals surface area contributed by atoms with Crippen molar-refractivity contribution in [2.24, 2.45) is 0 Å². The second-order valence-corrected chi connectivity index (χ2v) is 9.67. The van der Waals surface area contributed by atoms with Crippen molar-refractivity contribution >= 4 is 28.3 Å². The van der Waals surface area contributed by atoms with Gasteiger partial charge in [0.15, 0.2) is 0 Å². The van der Waals surface area contributed by atoms with Gasteiger partial charge in [0.1, 0.15) is 23.4 Å². The molecule has 1 aromatic carbocycles. The van der Waals surface area contributed by atoms with Crippen LogP contribution in [0.15, 0.2) is 48.8 Å². The number of rotatable bonds is 8. The van der Waals surface area contributed by atoms with Gasteiger partial charge >= 0.3 is 6.09 Å². The minimum atomic E-state index is -0.405. The summed E-state index contributed by atoms with van der Waals surface area (Å²) in [5.41, 5.74) is 3.26. The molecule has 0 bridgehead atoms.